The predicted octanol–water partition coefficient (Wildman–Crippen LogP) is 3.30. The number of hydrogen-bond donors (Lipinski definition) is 2. The van der Waals surface area contributed by atoms with Crippen LogP contribution in [0.5, 0.6) is 5.75 Å². The van der Waals surface area contributed by atoms with Crippen LogP contribution in [0.1, 0.15) is 43.7 Å². The van der Waals surface area contributed by atoms with Crippen LogP contribution < -0.4 is 10.1 Å². The molecule has 114 valence electrons. The first-order valence-electron chi connectivity index (χ1n) is 7.49. The molecule has 0 aliphatic heterocycles. The van der Waals surface area contributed by atoms with Gasteiger partial charge in [-0.2, -0.15) is 0 Å². The summed E-state index contributed by atoms with van der Waals surface area (Å²) in [5.41, 5.74) is 2.17. The van der Waals surface area contributed by atoms with E-state index >= 15 is 0 Å². The predicted molar refractivity (Wildman–Crippen MR) is 82.5 cm³/mol. The molecule has 2 rings (SSSR count). The van der Waals surface area contributed by atoms with Crippen LogP contribution in [0.3, 0.4) is 0 Å². The zero-order valence-electron chi connectivity index (χ0n) is 12.5. The highest BCUT2D eigenvalue weighted by atomic mass is 16.5. The van der Waals surface area contributed by atoms with Gasteiger partial charge in [0.2, 0.25) is 0 Å². The number of methoxy groups -OCH3 is 1. The average molecular weight is 289 g/mol. The third kappa shape index (κ3) is 4.60. The molecule has 0 spiro atoms. The van der Waals surface area contributed by atoms with Crippen molar-refractivity contribution in [2.75, 3.05) is 13.7 Å². The van der Waals surface area contributed by atoms with Crippen molar-refractivity contribution in [2.24, 2.45) is 0 Å². The molecule has 4 nitrogen and oxygen atoms in total. The highest BCUT2D eigenvalue weighted by Crippen LogP contribution is 2.22. The maximum atomic E-state index is 11.5. The molecule has 1 aliphatic rings. The molecule has 0 amide bonds. The number of hydrogen-bond acceptors (Lipinski definition) is 3. The summed E-state index contributed by atoms with van der Waals surface area (Å²) in [5.74, 6) is -0.184. The van der Waals surface area contributed by atoms with E-state index in [-0.39, 0.29) is 0 Å². The van der Waals surface area contributed by atoms with E-state index in [2.05, 4.69) is 11.4 Å². The third-order valence-electron chi connectivity index (χ3n) is 3.85. The van der Waals surface area contributed by atoms with Crippen molar-refractivity contribution in [3.63, 3.8) is 0 Å². The number of carbonyl (C=O) groups is 1. The van der Waals surface area contributed by atoms with Gasteiger partial charge < -0.3 is 15.2 Å². The van der Waals surface area contributed by atoms with Gasteiger partial charge in [-0.1, -0.05) is 23.8 Å². The largest absolute Gasteiger partial charge is 0.497 e. The molecule has 1 unspecified atom stereocenters. The van der Waals surface area contributed by atoms with Gasteiger partial charge in [0.25, 0.3) is 0 Å². The molecular weight excluding hydrogens is 266 g/mol. The standard InChI is InChI=1S/C17H23NO3/c1-21-15-9-5-8-14(12-15)16(17(19)20)18-11-10-13-6-3-2-4-7-13/h5-6,8-9,12,16,18H,2-4,7,10-11H2,1H3,(H,19,20). The van der Waals surface area contributed by atoms with Gasteiger partial charge in [0, 0.05) is 0 Å². The fourth-order valence-electron chi connectivity index (χ4n) is 2.68. The highest BCUT2D eigenvalue weighted by Gasteiger charge is 2.19. The first-order valence-corrected chi connectivity index (χ1v) is 7.49. The SMILES string of the molecule is COc1cccc(C(NCCC2=CCCCC2)C(=O)O)c1. The molecule has 1 aromatic rings. The van der Waals surface area contributed by atoms with E-state index in [0.717, 1.165) is 24.8 Å². The molecule has 1 aliphatic carbocycles. The lowest BCUT2D eigenvalue weighted by atomic mass is 9.97. The van der Waals surface area contributed by atoms with E-state index in [9.17, 15) is 9.90 Å². The molecular formula is C17H23NO3. The Morgan fingerprint density at radius 1 is 1.43 bits per heavy atom. The summed E-state index contributed by atoms with van der Waals surface area (Å²) in [4.78, 5) is 11.5. The number of allylic oxidation sites excluding steroid dienone is 1. The van der Waals surface area contributed by atoms with Crippen LogP contribution in [0.4, 0.5) is 0 Å². The van der Waals surface area contributed by atoms with E-state index in [1.807, 2.05) is 18.2 Å². The fourth-order valence-corrected chi connectivity index (χ4v) is 2.68. The zero-order valence-corrected chi connectivity index (χ0v) is 12.5. The molecule has 0 bridgehead atoms. The molecule has 2 N–H and O–H groups in total. The van der Waals surface area contributed by atoms with Crippen LogP contribution in [0.2, 0.25) is 0 Å². The van der Waals surface area contributed by atoms with Crippen molar-refractivity contribution in [2.45, 2.75) is 38.1 Å². The third-order valence-corrected chi connectivity index (χ3v) is 3.85. The van der Waals surface area contributed by atoms with Crippen LogP contribution in [0, 0.1) is 0 Å². The maximum absolute atomic E-state index is 11.5. The molecule has 0 fully saturated rings. The summed E-state index contributed by atoms with van der Waals surface area (Å²) >= 11 is 0. The number of carboxylic acid groups (broad SMARTS) is 1. The number of carboxylic acids is 1. The van der Waals surface area contributed by atoms with Gasteiger partial charge in [-0.05, 0) is 56.3 Å². The minimum Gasteiger partial charge on any atom is -0.497 e. The summed E-state index contributed by atoms with van der Waals surface area (Å²) < 4.78 is 5.15. The number of ether oxygens (including phenoxy) is 1. The van der Waals surface area contributed by atoms with Gasteiger partial charge in [0.1, 0.15) is 11.8 Å². The summed E-state index contributed by atoms with van der Waals surface area (Å²) in [6.07, 6.45) is 8.06. The van der Waals surface area contributed by atoms with Gasteiger partial charge in [-0.15, -0.1) is 0 Å². The Morgan fingerprint density at radius 2 is 2.29 bits per heavy atom. The molecule has 0 radical (unpaired) electrons. The van der Waals surface area contributed by atoms with E-state index < -0.39 is 12.0 Å². The molecule has 1 aromatic carbocycles. The summed E-state index contributed by atoms with van der Waals surface area (Å²) in [7, 11) is 1.58. The highest BCUT2D eigenvalue weighted by molar-refractivity contribution is 5.75. The molecule has 0 saturated heterocycles. The summed E-state index contributed by atoms with van der Waals surface area (Å²) in [5, 5.41) is 12.5. The second-order valence-corrected chi connectivity index (χ2v) is 5.36. The minimum absolute atomic E-state index is 0.676. The van der Waals surface area contributed by atoms with E-state index in [1.54, 1.807) is 13.2 Å². The van der Waals surface area contributed by atoms with Crippen LogP contribution in [-0.4, -0.2) is 24.7 Å². The van der Waals surface area contributed by atoms with Gasteiger partial charge in [-0.25, -0.2) is 0 Å². The maximum Gasteiger partial charge on any atom is 0.325 e. The van der Waals surface area contributed by atoms with Crippen LogP contribution in [0.25, 0.3) is 0 Å². The lowest BCUT2D eigenvalue weighted by molar-refractivity contribution is -0.139. The van der Waals surface area contributed by atoms with Crippen molar-refractivity contribution in [1.29, 1.82) is 0 Å². The van der Waals surface area contributed by atoms with Gasteiger partial charge in [-0.3, -0.25) is 4.79 Å². The quantitative estimate of drug-likeness (QED) is 0.756. The molecule has 1 atom stereocenters. The lowest BCUT2D eigenvalue weighted by Crippen LogP contribution is -2.29. The van der Waals surface area contributed by atoms with Crippen molar-refractivity contribution in [3.8, 4) is 5.75 Å². The molecule has 21 heavy (non-hydrogen) atoms. The Hall–Kier alpha value is -1.81. The van der Waals surface area contributed by atoms with E-state index in [0.29, 0.717) is 12.3 Å². The zero-order chi connectivity index (χ0) is 15.1. The monoisotopic (exact) mass is 289 g/mol. The normalized spacial score (nSPS) is 16.1. The summed E-state index contributed by atoms with van der Waals surface area (Å²) in [6.45, 7) is 0.681. The van der Waals surface area contributed by atoms with Gasteiger partial charge >= 0.3 is 5.97 Å². The number of nitrogens with one attached hydrogen (secondary N) is 1. The Balaban J connectivity index is 1.95. The smallest absolute Gasteiger partial charge is 0.325 e. The lowest BCUT2D eigenvalue weighted by Gasteiger charge is -2.17. The number of rotatable bonds is 7. The Kier molecular flexibility index (Phi) is 5.81. The molecule has 0 heterocycles. The molecule has 0 aromatic heterocycles. The average Bonchev–Trinajstić information content (AvgIpc) is 2.52. The van der Waals surface area contributed by atoms with Crippen molar-refractivity contribution in [1.82, 2.24) is 5.32 Å². The van der Waals surface area contributed by atoms with E-state index in [1.165, 1.54) is 18.4 Å². The fraction of sp³-hybridized carbons (Fsp3) is 0.471. The van der Waals surface area contributed by atoms with Crippen molar-refractivity contribution in [3.05, 3.63) is 41.5 Å². The number of aliphatic carboxylic acids is 1. The second kappa shape index (κ2) is 7.84. The topological polar surface area (TPSA) is 58.6 Å². The van der Waals surface area contributed by atoms with Crippen LogP contribution in [0.15, 0.2) is 35.9 Å². The Bertz CT molecular complexity index is 511. The van der Waals surface area contributed by atoms with Crippen LogP contribution >= 0.6 is 0 Å². The minimum atomic E-state index is -0.860. The Morgan fingerprint density at radius 3 is 2.95 bits per heavy atom. The Labute approximate surface area is 125 Å². The molecule has 0 saturated carbocycles. The first kappa shape index (κ1) is 15.6. The molecule has 4 heteroatoms. The van der Waals surface area contributed by atoms with E-state index in [4.69, 9.17) is 4.74 Å². The van der Waals surface area contributed by atoms with Crippen molar-refractivity contribution < 1.29 is 14.6 Å². The van der Waals surface area contributed by atoms with Gasteiger partial charge in [0.15, 0.2) is 0 Å². The van der Waals surface area contributed by atoms with Crippen molar-refractivity contribution >= 4 is 5.97 Å². The van der Waals surface area contributed by atoms with Gasteiger partial charge in [0.05, 0.1) is 7.11 Å². The van der Waals surface area contributed by atoms with Crippen LogP contribution in [-0.2, 0) is 4.79 Å². The number of benzene rings is 1. The first-order chi connectivity index (χ1) is 10.2. The summed E-state index contributed by atoms with van der Waals surface area (Å²) in [6, 6.07) is 6.52. The second-order valence-electron chi connectivity index (χ2n) is 5.36.